The summed E-state index contributed by atoms with van der Waals surface area (Å²) in [4.78, 5) is 3.97. The maximum Gasteiger partial charge on any atom is 0.0637 e. The number of hydrogen-bond donors (Lipinski definition) is 1. The second-order valence-corrected chi connectivity index (χ2v) is 5.03. The molecular formula is C15H17ClN2. The number of rotatable bonds is 3. The van der Waals surface area contributed by atoms with Crippen molar-refractivity contribution in [1.29, 1.82) is 0 Å². The zero-order valence-electron chi connectivity index (χ0n) is 10.7. The first kappa shape index (κ1) is 13.1. The summed E-state index contributed by atoms with van der Waals surface area (Å²) in [6, 6.07) is 8.23. The predicted octanol–water partition coefficient (Wildman–Crippen LogP) is 3.59. The van der Waals surface area contributed by atoms with Crippen molar-refractivity contribution in [3.05, 3.63) is 63.9 Å². The number of hydrogen-bond acceptors (Lipinski definition) is 2. The molecule has 0 saturated heterocycles. The van der Waals surface area contributed by atoms with Crippen LogP contribution in [0.2, 0.25) is 5.02 Å². The quantitative estimate of drug-likeness (QED) is 0.916. The molecule has 1 atom stereocenters. The predicted molar refractivity (Wildman–Crippen MR) is 75.8 cm³/mol. The van der Waals surface area contributed by atoms with E-state index in [1.165, 1.54) is 16.7 Å². The van der Waals surface area contributed by atoms with Crippen LogP contribution in [0.5, 0.6) is 0 Å². The SMILES string of the molecule is Cc1ccc(CC(N)c2ccncc2Cl)cc1C. The van der Waals surface area contributed by atoms with Crippen LogP contribution in [0, 0.1) is 13.8 Å². The monoisotopic (exact) mass is 260 g/mol. The Morgan fingerprint density at radius 3 is 2.67 bits per heavy atom. The van der Waals surface area contributed by atoms with Gasteiger partial charge in [0.2, 0.25) is 0 Å². The Bertz CT molecular complexity index is 552. The van der Waals surface area contributed by atoms with Gasteiger partial charge >= 0.3 is 0 Å². The lowest BCUT2D eigenvalue weighted by atomic mass is 9.98. The second kappa shape index (κ2) is 5.51. The van der Waals surface area contributed by atoms with Gasteiger partial charge in [0.05, 0.1) is 5.02 Å². The molecule has 0 fully saturated rings. The molecule has 94 valence electrons. The van der Waals surface area contributed by atoms with Crippen molar-refractivity contribution in [3.8, 4) is 0 Å². The molecule has 2 N–H and O–H groups in total. The molecule has 0 aliphatic carbocycles. The molecule has 1 aromatic heterocycles. The fourth-order valence-electron chi connectivity index (χ4n) is 1.98. The van der Waals surface area contributed by atoms with Crippen molar-refractivity contribution in [1.82, 2.24) is 4.98 Å². The van der Waals surface area contributed by atoms with Crippen LogP contribution < -0.4 is 5.73 Å². The summed E-state index contributed by atoms with van der Waals surface area (Å²) >= 11 is 6.10. The highest BCUT2D eigenvalue weighted by atomic mass is 35.5. The second-order valence-electron chi connectivity index (χ2n) is 4.63. The van der Waals surface area contributed by atoms with Crippen molar-refractivity contribution in [2.45, 2.75) is 26.3 Å². The van der Waals surface area contributed by atoms with Crippen molar-refractivity contribution in [2.75, 3.05) is 0 Å². The van der Waals surface area contributed by atoms with Gasteiger partial charge < -0.3 is 5.73 Å². The van der Waals surface area contributed by atoms with Gasteiger partial charge in [-0.15, -0.1) is 0 Å². The Kier molecular flexibility index (Phi) is 4.00. The van der Waals surface area contributed by atoms with Crippen molar-refractivity contribution in [3.63, 3.8) is 0 Å². The van der Waals surface area contributed by atoms with Crippen LogP contribution in [0.1, 0.15) is 28.3 Å². The van der Waals surface area contributed by atoms with Gasteiger partial charge in [0.1, 0.15) is 0 Å². The Hall–Kier alpha value is -1.38. The number of aryl methyl sites for hydroxylation is 2. The lowest BCUT2D eigenvalue weighted by Crippen LogP contribution is -2.14. The molecule has 0 aliphatic heterocycles. The van der Waals surface area contributed by atoms with E-state index in [0.29, 0.717) is 5.02 Å². The molecule has 0 bridgehead atoms. The molecule has 1 aromatic carbocycles. The molecule has 3 heteroatoms. The summed E-state index contributed by atoms with van der Waals surface area (Å²) < 4.78 is 0. The summed E-state index contributed by atoms with van der Waals surface area (Å²) in [5.74, 6) is 0. The first-order chi connectivity index (χ1) is 8.58. The minimum Gasteiger partial charge on any atom is -0.324 e. The Balaban J connectivity index is 2.19. The normalized spacial score (nSPS) is 12.4. The van der Waals surface area contributed by atoms with Crippen LogP contribution >= 0.6 is 11.6 Å². The molecule has 0 saturated carbocycles. The summed E-state index contributed by atoms with van der Waals surface area (Å²) in [5.41, 5.74) is 11.0. The number of pyridine rings is 1. The molecule has 1 unspecified atom stereocenters. The molecule has 2 aromatic rings. The van der Waals surface area contributed by atoms with Gasteiger partial charge in [-0.05, 0) is 48.6 Å². The van der Waals surface area contributed by atoms with E-state index in [1.54, 1.807) is 12.4 Å². The van der Waals surface area contributed by atoms with Crippen LogP contribution in [0.15, 0.2) is 36.7 Å². The van der Waals surface area contributed by atoms with Crippen LogP contribution in [0.25, 0.3) is 0 Å². The highest BCUT2D eigenvalue weighted by molar-refractivity contribution is 6.31. The average molecular weight is 261 g/mol. The van der Waals surface area contributed by atoms with Crippen molar-refractivity contribution < 1.29 is 0 Å². The molecule has 0 spiro atoms. The van der Waals surface area contributed by atoms with E-state index in [-0.39, 0.29) is 6.04 Å². The van der Waals surface area contributed by atoms with E-state index in [1.807, 2.05) is 6.07 Å². The molecule has 0 aliphatic rings. The molecule has 18 heavy (non-hydrogen) atoms. The Morgan fingerprint density at radius 2 is 2.00 bits per heavy atom. The van der Waals surface area contributed by atoms with Gasteiger partial charge in [0.25, 0.3) is 0 Å². The van der Waals surface area contributed by atoms with E-state index >= 15 is 0 Å². The summed E-state index contributed by atoms with van der Waals surface area (Å²) in [6.45, 7) is 4.22. The van der Waals surface area contributed by atoms with Gasteiger partial charge in [-0.1, -0.05) is 29.8 Å². The van der Waals surface area contributed by atoms with Crippen LogP contribution in [-0.2, 0) is 6.42 Å². The number of nitrogens with zero attached hydrogens (tertiary/aromatic N) is 1. The molecule has 0 radical (unpaired) electrons. The Morgan fingerprint density at radius 1 is 1.22 bits per heavy atom. The summed E-state index contributed by atoms with van der Waals surface area (Å²) in [5, 5.41) is 0.633. The number of aromatic nitrogens is 1. The van der Waals surface area contributed by atoms with Crippen LogP contribution in [0.3, 0.4) is 0 Å². The van der Waals surface area contributed by atoms with E-state index in [0.717, 1.165) is 12.0 Å². The third-order valence-corrected chi connectivity index (χ3v) is 3.55. The first-order valence-electron chi connectivity index (χ1n) is 5.99. The molecule has 1 heterocycles. The maximum atomic E-state index is 6.20. The van der Waals surface area contributed by atoms with Crippen LogP contribution in [0.4, 0.5) is 0 Å². The minimum atomic E-state index is -0.0948. The minimum absolute atomic E-state index is 0.0948. The van der Waals surface area contributed by atoms with Gasteiger partial charge in [0, 0.05) is 18.4 Å². The largest absolute Gasteiger partial charge is 0.324 e. The van der Waals surface area contributed by atoms with Crippen LogP contribution in [-0.4, -0.2) is 4.98 Å². The van der Waals surface area contributed by atoms with Gasteiger partial charge in [-0.25, -0.2) is 0 Å². The lowest BCUT2D eigenvalue weighted by molar-refractivity contribution is 0.720. The van der Waals surface area contributed by atoms with E-state index in [4.69, 9.17) is 17.3 Å². The molecule has 0 amide bonds. The summed E-state index contributed by atoms with van der Waals surface area (Å²) in [6.07, 6.45) is 4.14. The molecule has 2 rings (SSSR count). The standard InChI is InChI=1S/C15H17ClN2/c1-10-3-4-12(7-11(10)2)8-15(17)13-5-6-18-9-14(13)16/h3-7,9,15H,8,17H2,1-2H3. The Labute approximate surface area is 113 Å². The van der Waals surface area contributed by atoms with Crippen molar-refractivity contribution >= 4 is 11.6 Å². The lowest BCUT2D eigenvalue weighted by Gasteiger charge is -2.14. The van der Waals surface area contributed by atoms with E-state index in [9.17, 15) is 0 Å². The topological polar surface area (TPSA) is 38.9 Å². The molecule has 2 nitrogen and oxygen atoms in total. The zero-order valence-corrected chi connectivity index (χ0v) is 11.4. The third kappa shape index (κ3) is 2.89. The van der Waals surface area contributed by atoms with Gasteiger partial charge in [-0.3, -0.25) is 4.98 Å². The number of benzene rings is 1. The maximum absolute atomic E-state index is 6.20. The average Bonchev–Trinajstić information content (AvgIpc) is 2.34. The van der Waals surface area contributed by atoms with Gasteiger partial charge in [0.15, 0.2) is 0 Å². The first-order valence-corrected chi connectivity index (χ1v) is 6.37. The number of nitrogens with two attached hydrogens (primary N) is 1. The van der Waals surface area contributed by atoms with E-state index in [2.05, 4.69) is 37.0 Å². The zero-order chi connectivity index (χ0) is 13.1. The van der Waals surface area contributed by atoms with E-state index < -0.39 is 0 Å². The van der Waals surface area contributed by atoms with Gasteiger partial charge in [-0.2, -0.15) is 0 Å². The fourth-order valence-corrected chi connectivity index (χ4v) is 2.24. The fraction of sp³-hybridized carbons (Fsp3) is 0.267. The van der Waals surface area contributed by atoms with Crippen molar-refractivity contribution in [2.24, 2.45) is 5.73 Å². The highest BCUT2D eigenvalue weighted by Gasteiger charge is 2.11. The highest BCUT2D eigenvalue weighted by Crippen LogP contribution is 2.23. The summed E-state index contributed by atoms with van der Waals surface area (Å²) in [7, 11) is 0. The third-order valence-electron chi connectivity index (χ3n) is 3.23. The smallest absolute Gasteiger partial charge is 0.0637 e. The molecular weight excluding hydrogens is 244 g/mol. The number of halogens is 1.